The predicted molar refractivity (Wildman–Crippen MR) is 71.1 cm³/mol. The highest BCUT2D eigenvalue weighted by Gasteiger charge is 2.20. The van der Waals surface area contributed by atoms with E-state index in [1.165, 1.54) is 0 Å². The normalized spacial score (nSPS) is 7.75. The van der Waals surface area contributed by atoms with Crippen LogP contribution in [-0.4, -0.2) is 42.4 Å². The van der Waals surface area contributed by atoms with Crippen molar-refractivity contribution in [3.05, 3.63) is 21.6 Å². The summed E-state index contributed by atoms with van der Waals surface area (Å²) in [5, 5.41) is 29.5. The fraction of sp³-hybridized carbons (Fsp3) is 0.300. The number of hydrogen-bond donors (Lipinski definition) is 2. The number of aromatic nitrogens is 1. The maximum Gasteiger partial charge on any atom is 0.494 e. The molecule has 0 fully saturated rings. The van der Waals surface area contributed by atoms with E-state index in [0.717, 1.165) is 0 Å². The Labute approximate surface area is 117 Å². The number of rotatable bonds is 3. The molecule has 8 nitrogen and oxygen atoms in total. The standard InChI is InChI=1S/C5H8BNO3.C5H3NO3.B/c1-3-5(6(8)9)4(2)10-7-3;1-2-3-4-5-9-6(7)8;/h8-9H,1-2H3;1H,5H2;. The second-order valence-electron chi connectivity index (χ2n) is 3.05. The van der Waals surface area contributed by atoms with Gasteiger partial charge in [0.05, 0.1) is 5.69 Å². The molecule has 1 aromatic rings. The summed E-state index contributed by atoms with van der Waals surface area (Å²) in [4.78, 5) is 13.2. The third-order valence-corrected chi connectivity index (χ3v) is 1.75. The number of hydrogen-bond acceptors (Lipinski definition) is 7. The Kier molecular flexibility index (Phi) is 10.4. The summed E-state index contributed by atoms with van der Waals surface area (Å²) in [6.07, 6.45) is 4.70. The first-order valence-electron chi connectivity index (χ1n) is 4.89. The first-order valence-corrected chi connectivity index (χ1v) is 4.89. The third kappa shape index (κ3) is 7.82. The number of aryl methyl sites for hydroxylation is 2. The summed E-state index contributed by atoms with van der Waals surface area (Å²) in [5.74, 6) is 6.80. The van der Waals surface area contributed by atoms with E-state index in [9.17, 15) is 10.1 Å². The zero-order valence-corrected chi connectivity index (χ0v) is 10.9. The largest absolute Gasteiger partial charge is 0.494 e. The molecule has 20 heavy (non-hydrogen) atoms. The zero-order valence-electron chi connectivity index (χ0n) is 10.9. The van der Waals surface area contributed by atoms with Crippen molar-refractivity contribution >= 4 is 21.0 Å². The van der Waals surface area contributed by atoms with Gasteiger partial charge in [0, 0.05) is 13.9 Å². The van der Waals surface area contributed by atoms with Gasteiger partial charge in [-0.2, -0.15) is 0 Å². The van der Waals surface area contributed by atoms with E-state index in [1.54, 1.807) is 13.8 Å². The fourth-order valence-corrected chi connectivity index (χ4v) is 1.03. The Bertz CT molecular complexity index is 507. The number of terminal acetylenes is 1. The average Bonchev–Trinajstić information content (AvgIpc) is 2.65. The van der Waals surface area contributed by atoms with Crippen LogP contribution in [0.4, 0.5) is 0 Å². The summed E-state index contributed by atoms with van der Waals surface area (Å²) in [7, 11) is -1.48. The second kappa shape index (κ2) is 10.5. The lowest BCUT2D eigenvalue weighted by Crippen LogP contribution is -2.32. The minimum absolute atomic E-state index is 0. The lowest BCUT2D eigenvalue weighted by molar-refractivity contribution is -0.754. The van der Waals surface area contributed by atoms with E-state index >= 15 is 0 Å². The lowest BCUT2D eigenvalue weighted by atomic mass is 9.79. The molecule has 1 aromatic heterocycles. The minimum Gasteiger partial charge on any atom is -0.423 e. The molecule has 0 aliphatic carbocycles. The van der Waals surface area contributed by atoms with Gasteiger partial charge >= 0.3 is 7.12 Å². The fourth-order valence-electron chi connectivity index (χ4n) is 1.03. The highest BCUT2D eigenvalue weighted by Crippen LogP contribution is 1.96. The number of nitrogens with zero attached hydrogens (tertiary/aromatic N) is 2. The molecule has 0 amide bonds. The van der Waals surface area contributed by atoms with Crippen molar-refractivity contribution in [2.24, 2.45) is 0 Å². The highest BCUT2D eigenvalue weighted by molar-refractivity contribution is 6.59. The van der Waals surface area contributed by atoms with Gasteiger partial charge in [0.15, 0.2) is 6.61 Å². The lowest BCUT2D eigenvalue weighted by Gasteiger charge is -1.93. The first-order chi connectivity index (χ1) is 8.90. The SMILES string of the molecule is C#CC#CCO[N+](=O)[O-].Cc1noc(C)c1B(O)O.[B]. The molecule has 0 aliphatic heterocycles. The van der Waals surface area contributed by atoms with Gasteiger partial charge in [0.25, 0.3) is 5.09 Å². The van der Waals surface area contributed by atoms with Gasteiger partial charge in [-0.05, 0) is 25.7 Å². The highest BCUT2D eigenvalue weighted by atomic mass is 16.9. The van der Waals surface area contributed by atoms with Crippen molar-refractivity contribution in [1.82, 2.24) is 5.16 Å². The van der Waals surface area contributed by atoms with Crippen LogP contribution in [0, 0.1) is 48.1 Å². The van der Waals surface area contributed by atoms with Crippen LogP contribution < -0.4 is 5.46 Å². The maximum atomic E-state index is 9.43. The van der Waals surface area contributed by atoms with Gasteiger partial charge in [-0.15, -0.1) is 16.5 Å². The van der Waals surface area contributed by atoms with Crippen LogP contribution in [0.1, 0.15) is 11.5 Å². The first kappa shape index (κ1) is 19.9. The van der Waals surface area contributed by atoms with Crippen LogP contribution in [0.2, 0.25) is 0 Å². The molecule has 1 heterocycles. The predicted octanol–water partition coefficient (Wildman–Crippen LogP) is -1.58. The second-order valence-corrected chi connectivity index (χ2v) is 3.05. The van der Waals surface area contributed by atoms with Crippen LogP contribution in [0.15, 0.2) is 4.52 Å². The van der Waals surface area contributed by atoms with Crippen LogP contribution in [0.3, 0.4) is 0 Å². The molecule has 2 N–H and O–H groups in total. The summed E-state index contributed by atoms with van der Waals surface area (Å²) in [5.41, 5.74) is 0.882. The molecule has 103 valence electrons. The molecule has 10 heteroatoms. The summed E-state index contributed by atoms with van der Waals surface area (Å²) in [6.45, 7) is 3.03. The average molecular weight is 277 g/mol. The molecular formula is C10H11B2N2O6. The monoisotopic (exact) mass is 277 g/mol. The van der Waals surface area contributed by atoms with E-state index in [2.05, 4.69) is 26.4 Å². The van der Waals surface area contributed by atoms with Crippen LogP contribution in [-0.2, 0) is 4.84 Å². The summed E-state index contributed by atoms with van der Waals surface area (Å²) >= 11 is 0. The molecule has 0 saturated carbocycles. The van der Waals surface area contributed by atoms with E-state index in [4.69, 9.17) is 16.5 Å². The molecule has 0 bridgehead atoms. The Morgan fingerprint density at radius 1 is 1.55 bits per heavy atom. The van der Waals surface area contributed by atoms with Gasteiger partial charge in [0.1, 0.15) is 5.76 Å². The van der Waals surface area contributed by atoms with Crippen molar-refractivity contribution in [2.45, 2.75) is 13.8 Å². The molecule has 0 spiro atoms. The Balaban J connectivity index is 0. The summed E-state index contributed by atoms with van der Waals surface area (Å²) in [6, 6.07) is 0. The third-order valence-electron chi connectivity index (χ3n) is 1.75. The van der Waals surface area contributed by atoms with E-state index in [-0.39, 0.29) is 15.0 Å². The molecule has 3 radical (unpaired) electrons. The van der Waals surface area contributed by atoms with Gasteiger partial charge in [-0.3, -0.25) is 0 Å². The molecule has 0 saturated heterocycles. The van der Waals surface area contributed by atoms with Gasteiger partial charge in [-0.1, -0.05) is 11.1 Å². The molecule has 0 aromatic carbocycles. The van der Waals surface area contributed by atoms with Crippen molar-refractivity contribution in [2.75, 3.05) is 6.61 Å². The smallest absolute Gasteiger partial charge is 0.423 e. The van der Waals surface area contributed by atoms with Crippen molar-refractivity contribution < 1.29 is 24.5 Å². The van der Waals surface area contributed by atoms with Crippen molar-refractivity contribution in [1.29, 1.82) is 0 Å². The maximum absolute atomic E-state index is 9.43. The van der Waals surface area contributed by atoms with Gasteiger partial charge in [0.2, 0.25) is 0 Å². The van der Waals surface area contributed by atoms with Crippen molar-refractivity contribution in [3.8, 4) is 24.2 Å². The van der Waals surface area contributed by atoms with E-state index < -0.39 is 12.2 Å². The minimum atomic E-state index is -1.48. The van der Waals surface area contributed by atoms with Crippen molar-refractivity contribution in [3.63, 3.8) is 0 Å². The van der Waals surface area contributed by atoms with Gasteiger partial charge < -0.3 is 19.4 Å². The topological polar surface area (TPSA) is 119 Å². The molecule has 0 unspecified atom stereocenters. The Morgan fingerprint density at radius 3 is 2.45 bits per heavy atom. The zero-order chi connectivity index (χ0) is 14.8. The molecule has 1 rings (SSSR count). The molecular weight excluding hydrogens is 266 g/mol. The summed E-state index contributed by atoms with van der Waals surface area (Å²) < 4.78 is 4.69. The molecule has 0 atom stereocenters. The van der Waals surface area contributed by atoms with Gasteiger partial charge in [-0.25, -0.2) is 0 Å². The van der Waals surface area contributed by atoms with E-state index in [0.29, 0.717) is 16.9 Å². The molecule has 0 aliphatic rings. The van der Waals surface area contributed by atoms with Crippen LogP contribution >= 0.6 is 0 Å². The Hall–Kier alpha value is -2.42. The van der Waals surface area contributed by atoms with Crippen LogP contribution in [0.5, 0.6) is 0 Å². The quantitative estimate of drug-likeness (QED) is 0.296. The van der Waals surface area contributed by atoms with E-state index in [1.807, 2.05) is 5.92 Å². The van der Waals surface area contributed by atoms with Crippen LogP contribution in [0.25, 0.3) is 0 Å². The Morgan fingerprint density at radius 2 is 2.15 bits per heavy atom.